The Bertz CT molecular complexity index is 587. The summed E-state index contributed by atoms with van der Waals surface area (Å²) in [7, 11) is 2.25. The summed E-state index contributed by atoms with van der Waals surface area (Å²) in [4.78, 5) is 2.50. The van der Waals surface area contributed by atoms with Gasteiger partial charge in [0.25, 0.3) is 0 Å². The predicted octanol–water partition coefficient (Wildman–Crippen LogP) is 2.11. The third-order valence-corrected chi connectivity index (χ3v) is 4.57. The van der Waals surface area contributed by atoms with Crippen molar-refractivity contribution in [2.24, 2.45) is 0 Å². The van der Waals surface area contributed by atoms with Gasteiger partial charge in [0, 0.05) is 24.2 Å². The Balaban J connectivity index is 1.82. The first-order chi connectivity index (χ1) is 8.83. The second-order valence-electron chi connectivity index (χ2n) is 5.57. The van der Waals surface area contributed by atoms with Crippen molar-refractivity contribution in [2.45, 2.75) is 31.3 Å². The van der Waals surface area contributed by atoms with Gasteiger partial charge in [-0.3, -0.25) is 10.00 Å². The van der Waals surface area contributed by atoms with Crippen LogP contribution in [0.25, 0.3) is 0 Å². The van der Waals surface area contributed by atoms with Crippen molar-refractivity contribution in [3.8, 4) is 0 Å². The standard InChI is InChI=1S/C15H17N3/c1-18-9-10-4-2-3-5-12(10)13-7-14-11(6-15(13)18)8-16-17-14/h2-5,8,13,15H,6-7,9H2,1H3,(H,16,17)/t13-,15+/m0/s1. The first kappa shape index (κ1) is 10.3. The number of hydrogen-bond acceptors (Lipinski definition) is 2. The summed E-state index contributed by atoms with van der Waals surface area (Å²) in [5.41, 5.74) is 5.77. The molecular formula is C15H17N3. The fourth-order valence-electron chi connectivity index (χ4n) is 3.62. The van der Waals surface area contributed by atoms with E-state index in [1.165, 1.54) is 16.8 Å². The first-order valence-corrected chi connectivity index (χ1v) is 6.62. The van der Waals surface area contributed by atoms with Crippen molar-refractivity contribution in [2.75, 3.05) is 7.05 Å². The van der Waals surface area contributed by atoms with Gasteiger partial charge in [-0.15, -0.1) is 0 Å². The lowest BCUT2D eigenvalue weighted by Gasteiger charge is -2.43. The number of benzene rings is 1. The van der Waals surface area contributed by atoms with Crippen molar-refractivity contribution in [3.63, 3.8) is 0 Å². The molecule has 0 bridgehead atoms. The molecule has 3 heteroatoms. The van der Waals surface area contributed by atoms with Crippen LogP contribution in [-0.4, -0.2) is 28.2 Å². The minimum absolute atomic E-state index is 0.618. The van der Waals surface area contributed by atoms with Crippen molar-refractivity contribution in [1.82, 2.24) is 15.1 Å². The SMILES string of the molecule is CN1Cc2ccccc2[C@@H]2Cc3[nH]ncc3C[C@H]21. The van der Waals surface area contributed by atoms with Gasteiger partial charge < -0.3 is 0 Å². The molecule has 18 heavy (non-hydrogen) atoms. The average Bonchev–Trinajstić information content (AvgIpc) is 2.84. The van der Waals surface area contributed by atoms with Gasteiger partial charge in [0.15, 0.2) is 0 Å². The van der Waals surface area contributed by atoms with Crippen molar-refractivity contribution in [1.29, 1.82) is 0 Å². The van der Waals surface area contributed by atoms with Crippen molar-refractivity contribution in [3.05, 3.63) is 52.8 Å². The Labute approximate surface area is 107 Å². The number of fused-ring (bicyclic) bond motifs is 4. The summed E-state index contributed by atoms with van der Waals surface area (Å²) in [6.45, 7) is 1.07. The number of likely N-dealkylation sites (N-methyl/N-ethyl adjacent to an activating group) is 1. The maximum Gasteiger partial charge on any atom is 0.0522 e. The molecule has 1 aliphatic carbocycles. The minimum atomic E-state index is 0.618. The van der Waals surface area contributed by atoms with E-state index >= 15 is 0 Å². The van der Waals surface area contributed by atoms with Crippen LogP contribution in [-0.2, 0) is 19.4 Å². The Morgan fingerprint density at radius 2 is 2.11 bits per heavy atom. The van der Waals surface area contributed by atoms with Gasteiger partial charge in [-0.25, -0.2) is 0 Å². The predicted molar refractivity (Wildman–Crippen MR) is 70.4 cm³/mol. The topological polar surface area (TPSA) is 31.9 Å². The van der Waals surface area contributed by atoms with Gasteiger partial charge in [0.2, 0.25) is 0 Å². The molecule has 1 aromatic heterocycles. The smallest absolute Gasteiger partial charge is 0.0522 e. The number of rotatable bonds is 0. The molecule has 1 aromatic carbocycles. The maximum atomic E-state index is 4.20. The summed E-state index contributed by atoms with van der Waals surface area (Å²) in [6.07, 6.45) is 4.22. The number of aromatic nitrogens is 2. The van der Waals surface area contributed by atoms with Gasteiger partial charge >= 0.3 is 0 Å². The quantitative estimate of drug-likeness (QED) is 0.763. The minimum Gasteiger partial charge on any atom is -0.298 e. The number of nitrogens with one attached hydrogen (secondary N) is 1. The van der Waals surface area contributed by atoms with E-state index in [1.807, 2.05) is 6.20 Å². The molecule has 4 rings (SSSR count). The van der Waals surface area contributed by atoms with Crippen LogP contribution in [0.15, 0.2) is 30.5 Å². The van der Waals surface area contributed by atoms with Crippen LogP contribution >= 0.6 is 0 Å². The second-order valence-corrected chi connectivity index (χ2v) is 5.57. The summed E-state index contributed by atoms with van der Waals surface area (Å²) >= 11 is 0. The highest BCUT2D eigenvalue weighted by Gasteiger charge is 2.37. The first-order valence-electron chi connectivity index (χ1n) is 6.62. The molecule has 0 saturated heterocycles. The van der Waals surface area contributed by atoms with Crippen LogP contribution in [0.3, 0.4) is 0 Å². The Morgan fingerprint density at radius 3 is 3.06 bits per heavy atom. The van der Waals surface area contributed by atoms with Gasteiger partial charge in [-0.2, -0.15) is 5.10 Å². The molecule has 2 aromatic rings. The normalized spacial score (nSPS) is 26.3. The molecule has 2 aliphatic rings. The van der Waals surface area contributed by atoms with E-state index in [9.17, 15) is 0 Å². The molecule has 0 amide bonds. The van der Waals surface area contributed by atoms with Crippen LogP contribution < -0.4 is 0 Å². The summed E-state index contributed by atoms with van der Waals surface area (Å²) in [5, 5.41) is 7.37. The zero-order chi connectivity index (χ0) is 12.1. The Morgan fingerprint density at radius 1 is 1.22 bits per heavy atom. The lowest BCUT2D eigenvalue weighted by molar-refractivity contribution is 0.172. The van der Waals surface area contributed by atoms with Crippen LogP contribution in [0.2, 0.25) is 0 Å². The lowest BCUT2D eigenvalue weighted by Crippen LogP contribution is -2.45. The van der Waals surface area contributed by atoms with E-state index in [0.717, 1.165) is 19.4 Å². The molecule has 2 atom stereocenters. The molecule has 1 N–H and O–H groups in total. The molecule has 2 heterocycles. The highest BCUT2D eigenvalue weighted by Crippen LogP contribution is 2.39. The molecule has 0 radical (unpaired) electrons. The maximum absolute atomic E-state index is 4.20. The summed E-state index contributed by atoms with van der Waals surface area (Å²) in [6, 6.07) is 9.53. The fourth-order valence-corrected chi connectivity index (χ4v) is 3.62. The van der Waals surface area contributed by atoms with Crippen LogP contribution in [0, 0.1) is 0 Å². The van der Waals surface area contributed by atoms with Gasteiger partial charge in [0.05, 0.1) is 6.20 Å². The van der Waals surface area contributed by atoms with Crippen molar-refractivity contribution >= 4 is 0 Å². The Hall–Kier alpha value is -1.61. The molecule has 92 valence electrons. The zero-order valence-electron chi connectivity index (χ0n) is 10.6. The zero-order valence-corrected chi connectivity index (χ0v) is 10.6. The van der Waals surface area contributed by atoms with E-state index in [1.54, 1.807) is 5.56 Å². The van der Waals surface area contributed by atoms with Crippen molar-refractivity contribution < 1.29 is 0 Å². The monoisotopic (exact) mass is 239 g/mol. The molecule has 0 fully saturated rings. The Kier molecular flexibility index (Phi) is 2.12. The van der Waals surface area contributed by atoms with E-state index in [4.69, 9.17) is 0 Å². The molecular weight excluding hydrogens is 222 g/mol. The van der Waals surface area contributed by atoms with E-state index in [-0.39, 0.29) is 0 Å². The molecule has 1 aliphatic heterocycles. The number of nitrogens with zero attached hydrogens (tertiary/aromatic N) is 2. The second kappa shape index (κ2) is 3.69. The van der Waals surface area contributed by atoms with Crippen LogP contribution in [0.4, 0.5) is 0 Å². The number of H-pyrrole nitrogens is 1. The number of aromatic amines is 1. The highest BCUT2D eigenvalue weighted by molar-refractivity contribution is 5.38. The average molecular weight is 239 g/mol. The third-order valence-electron chi connectivity index (χ3n) is 4.57. The molecule has 0 unspecified atom stereocenters. The van der Waals surface area contributed by atoms with E-state index in [0.29, 0.717) is 12.0 Å². The molecule has 0 saturated carbocycles. The van der Waals surface area contributed by atoms with Crippen LogP contribution in [0.1, 0.15) is 28.3 Å². The highest BCUT2D eigenvalue weighted by atomic mass is 15.2. The van der Waals surface area contributed by atoms with Gasteiger partial charge in [-0.05, 0) is 36.6 Å². The van der Waals surface area contributed by atoms with Crippen LogP contribution in [0.5, 0.6) is 0 Å². The van der Waals surface area contributed by atoms with E-state index < -0.39 is 0 Å². The molecule has 3 nitrogen and oxygen atoms in total. The fraction of sp³-hybridized carbons (Fsp3) is 0.400. The summed E-state index contributed by atoms with van der Waals surface area (Å²) in [5.74, 6) is 0.618. The molecule has 0 spiro atoms. The summed E-state index contributed by atoms with van der Waals surface area (Å²) < 4.78 is 0. The van der Waals surface area contributed by atoms with E-state index in [2.05, 4.69) is 46.4 Å². The van der Waals surface area contributed by atoms with Gasteiger partial charge in [0.1, 0.15) is 0 Å². The largest absolute Gasteiger partial charge is 0.298 e. The van der Waals surface area contributed by atoms with Gasteiger partial charge in [-0.1, -0.05) is 24.3 Å². The number of hydrogen-bond donors (Lipinski definition) is 1. The third kappa shape index (κ3) is 1.37. The lowest BCUT2D eigenvalue weighted by atomic mass is 9.75.